The zero-order chi connectivity index (χ0) is 26.2. The van der Waals surface area contributed by atoms with Gasteiger partial charge >= 0.3 is 0 Å². The molecule has 1 heterocycles. The van der Waals surface area contributed by atoms with Gasteiger partial charge < -0.3 is 4.74 Å². The Labute approximate surface area is 221 Å². The first-order valence-corrected chi connectivity index (χ1v) is 12.4. The average Bonchev–Trinajstić information content (AvgIpc) is 2.98. The van der Waals surface area contributed by atoms with Gasteiger partial charge in [0.25, 0.3) is 5.91 Å². The average molecular weight is 502 g/mol. The number of aromatic nitrogens is 1. The molecular formula is C32H27N3O3. The molecule has 2 amide bonds. The van der Waals surface area contributed by atoms with Crippen molar-refractivity contribution in [2.24, 2.45) is 0 Å². The van der Waals surface area contributed by atoms with Gasteiger partial charge in [0.1, 0.15) is 17.9 Å². The van der Waals surface area contributed by atoms with Crippen molar-refractivity contribution in [3.63, 3.8) is 0 Å². The zero-order valence-corrected chi connectivity index (χ0v) is 20.7. The summed E-state index contributed by atoms with van der Waals surface area (Å²) in [5.41, 5.74) is 9.32. The summed E-state index contributed by atoms with van der Waals surface area (Å²) in [6.07, 6.45) is 1.94. The second-order valence-corrected chi connectivity index (χ2v) is 8.90. The number of carbonyl (C=O) groups excluding carboxylic acids is 2. The number of ether oxygens (including phenoxy) is 1. The summed E-state index contributed by atoms with van der Waals surface area (Å²) >= 11 is 0. The van der Waals surface area contributed by atoms with Gasteiger partial charge in [-0.15, -0.1) is 0 Å². The molecule has 38 heavy (non-hydrogen) atoms. The first kappa shape index (κ1) is 24.7. The fraction of sp³-hybridized carbons (Fsp3) is 0.0938. The standard InChI is InChI=1S/C32H27N3O3/c36-30(21-28(24-9-3-1-4-10-24)25-11-5-2-6-12-25)34-35-32(37)27-18-16-23(17-19-27)22-38-29-15-7-13-26-14-8-20-33-31(26)29/h1-20,28H,21-22H2,(H,34,36)(H,35,37). The van der Waals surface area contributed by atoms with E-state index in [1.807, 2.05) is 103 Å². The molecule has 0 unspecified atom stereocenters. The molecule has 0 aliphatic carbocycles. The molecule has 6 heteroatoms. The van der Waals surface area contributed by atoms with Crippen molar-refractivity contribution in [3.05, 3.63) is 144 Å². The summed E-state index contributed by atoms with van der Waals surface area (Å²) in [5.74, 6) is -0.0766. The maximum absolute atomic E-state index is 12.8. The van der Waals surface area contributed by atoms with E-state index in [0.29, 0.717) is 17.9 Å². The Hall–Kier alpha value is -4.97. The molecule has 2 N–H and O–H groups in total. The summed E-state index contributed by atoms with van der Waals surface area (Å²) in [7, 11) is 0. The predicted molar refractivity (Wildman–Crippen MR) is 147 cm³/mol. The van der Waals surface area contributed by atoms with E-state index in [-0.39, 0.29) is 24.2 Å². The number of rotatable bonds is 8. The van der Waals surface area contributed by atoms with E-state index in [1.165, 1.54) is 0 Å². The molecule has 0 aliphatic rings. The second-order valence-electron chi connectivity index (χ2n) is 8.90. The fourth-order valence-electron chi connectivity index (χ4n) is 4.34. The monoisotopic (exact) mass is 501 g/mol. The summed E-state index contributed by atoms with van der Waals surface area (Å²) in [6.45, 7) is 0.342. The van der Waals surface area contributed by atoms with Crippen molar-refractivity contribution in [2.45, 2.75) is 18.9 Å². The Balaban J connectivity index is 1.16. The highest BCUT2D eigenvalue weighted by Gasteiger charge is 2.18. The molecule has 6 nitrogen and oxygen atoms in total. The highest BCUT2D eigenvalue weighted by atomic mass is 16.5. The largest absolute Gasteiger partial charge is 0.487 e. The van der Waals surface area contributed by atoms with Crippen LogP contribution in [0.1, 0.15) is 39.4 Å². The second kappa shape index (κ2) is 11.8. The van der Waals surface area contributed by atoms with Gasteiger partial charge in [-0.2, -0.15) is 0 Å². The third-order valence-corrected chi connectivity index (χ3v) is 6.32. The zero-order valence-electron chi connectivity index (χ0n) is 20.7. The van der Waals surface area contributed by atoms with Gasteiger partial charge in [0.15, 0.2) is 0 Å². The van der Waals surface area contributed by atoms with Crippen LogP contribution in [-0.2, 0) is 11.4 Å². The molecule has 5 aromatic rings. The third-order valence-electron chi connectivity index (χ3n) is 6.32. The van der Waals surface area contributed by atoms with Crippen molar-refractivity contribution in [1.29, 1.82) is 0 Å². The number of nitrogens with zero attached hydrogens (tertiary/aromatic N) is 1. The molecule has 1 aromatic heterocycles. The summed E-state index contributed by atoms with van der Waals surface area (Å²) < 4.78 is 5.97. The van der Waals surface area contributed by atoms with Gasteiger partial charge in [-0.1, -0.05) is 91.0 Å². The molecular weight excluding hydrogens is 474 g/mol. The van der Waals surface area contributed by atoms with Crippen molar-refractivity contribution in [3.8, 4) is 5.75 Å². The molecule has 0 radical (unpaired) electrons. The Morgan fingerprint density at radius 1 is 0.711 bits per heavy atom. The highest BCUT2D eigenvalue weighted by Crippen LogP contribution is 2.28. The van der Waals surface area contributed by atoms with Crippen LogP contribution < -0.4 is 15.6 Å². The number of hydrogen-bond acceptors (Lipinski definition) is 4. The molecule has 0 fully saturated rings. The predicted octanol–water partition coefficient (Wildman–Crippen LogP) is 5.80. The van der Waals surface area contributed by atoms with Gasteiger partial charge in [-0.3, -0.25) is 25.4 Å². The van der Waals surface area contributed by atoms with E-state index in [4.69, 9.17) is 4.74 Å². The number of fused-ring (bicyclic) bond motifs is 1. The lowest BCUT2D eigenvalue weighted by molar-refractivity contribution is -0.122. The molecule has 4 aromatic carbocycles. The number of para-hydroxylation sites is 1. The minimum atomic E-state index is -0.389. The Bertz CT molecular complexity index is 1480. The smallest absolute Gasteiger partial charge is 0.269 e. The van der Waals surface area contributed by atoms with Gasteiger partial charge in [-0.25, -0.2) is 0 Å². The molecule has 0 aliphatic heterocycles. The van der Waals surface area contributed by atoms with Crippen LogP contribution in [0.5, 0.6) is 5.75 Å². The Morgan fingerprint density at radius 3 is 2.05 bits per heavy atom. The molecule has 0 spiro atoms. The van der Waals surface area contributed by atoms with Crippen LogP contribution in [0.15, 0.2) is 121 Å². The minimum Gasteiger partial charge on any atom is -0.487 e. The van der Waals surface area contributed by atoms with Crippen molar-refractivity contribution in [1.82, 2.24) is 15.8 Å². The van der Waals surface area contributed by atoms with Crippen LogP contribution in [0.3, 0.4) is 0 Å². The van der Waals surface area contributed by atoms with Gasteiger partial charge in [0.2, 0.25) is 5.91 Å². The number of hydrazine groups is 1. The van der Waals surface area contributed by atoms with Crippen LogP contribution in [0.25, 0.3) is 10.9 Å². The summed E-state index contributed by atoms with van der Waals surface area (Å²) in [6, 6.07) is 36.5. The maximum Gasteiger partial charge on any atom is 0.269 e. The summed E-state index contributed by atoms with van der Waals surface area (Å²) in [5, 5.41) is 1.01. The number of nitrogens with one attached hydrogen (secondary N) is 2. The van der Waals surface area contributed by atoms with Crippen LogP contribution >= 0.6 is 0 Å². The number of hydrogen-bond donors (Lipinski definition) is 2. The number of carbonyl (C=O) groups is 2. The van der Waals surface area contributed by atoms with E-state index in [9.17, 15) is 9.59 Å². The topological polar surface area (TPSA) is 80.3 Å². The third kappa shape index (κ3) is 6.05. The normalized spacial score (nSPS) is 10.8. The van der Waals surface area contributed by atoms with E-state index >= 15 is 0 Å². The SMILES string of the molecule is O=C(CC(c1ccccc1)c1ccccc1)NNC(=O)c1ccc(COc2cccc3cccnc23)cc1. The van der Waals surface area contributed by atoms with E-state index in [2.05, 4.69) is 15.8 Å². The quantitative estimate of drug-likeness (QED) is 0.264. The molecule has 0 saturated carbocycles. The van der Waals surface area contributed by atoms with Crippen LogP contribution in [-0.4, -0.2) is 16.8 Å². The number of pyridine rings is 1. The van der Waals surface area contributed by atoms with Gasteiger partial charge in [0, 0.05) is 29.5 Å². The van der Waals surface area contributed by atoms with Gasteiger partial charge in [-0.05, 0) is 41.0 Å². The van der Waals surface area contributed by atoms with Crippen molar-refractivity contribution < 1.29 is 14.3 Å². The van der Waals surface area contributed by atoms with Crippen LogP contribution in [0.2, 0.25) is 0 Å². The van der Waals surface area contributed by atoms with Crippen molar-refractivity contribution in [2.75, 3.05) is 0 Å². The lowest BCUT2D eigenvalue weighted by Crippen LogP contribution is -2.42. The first-order chi connectivity index (χ1) is 18.7. The number of amides is 2. The lowest BCUT2D eigenvalue weighted by atomic mass is 9.88. The van der Waals surface area contributed by atoms with E-state index in [1.54, 1.807) is 18.3 Å². The minimum absolute atomic E-state index is 0.120. The van der Waals surface area contributed by atoms with E-state index in [0.717, 1.165) is 27.6 Å². The van der Waals surface area contributed by atoms with Crippen molar-refractivity contribution >= 4 is 22.7 Å². The van der Waals surface area contributed by atoms with E-state index < -0.39 is 0 Å². The first-order valence-electron chi connectivity index (χ1n) is 12.4. The molecule has 0 saturated heterocycles. The highest BCUT2D eigenvalue weighted by molar-refractivity contribution is 5.95. The molecule has 0 atom stereocenters. The molecule has 5 rings (SSSR count). The van der Waals surface area contributed by atoms with Gasteiger partial charge in [0.05, 0.1) is 0 Å². The lowest BCUT2D eigenvalue weighted by Gasteiger charge is -2.18. The molecule has 188 valence electrons. The molecule has 0 bridgehead atoms. The summed E-state index contributed by atoms with van der Waals surface area (Å²) in [4.78, 5) is 29.8. The Kier molecular flexibility index (Phi) is 7.70. The fourth-order valence-corrected chi connectivity index (χ4v) is 4.34. The maximum atomic E-state index is 12.8. The Morgan fingerprint density at radius 2 is 1.37 bits per heavy atom. The van der Waals surface area contributed by atoms with Crippen LogP contribution in [0, 0.1) is 0 Å². The number of benzene rings is 4. The van der Waals surface area contributed by atoms with Crippen LogP contribution in [0.4, 0.5) is 0 Å².